The van der Waals surface area contributed by atoms with E-state index in [1.165, 1.54) is 19.3 Å². The van der Waals surface area contributed by atoms with Gasteiger partial charge < -0.3 is 18.9 Å². The van der Waals surface area contributed by atoms with Crippen LogP contribution in [0.2, 0.25) is 0 Å². The van der Waals surface area contributed by atoms with Crippen LogP contribution in [0.1, 0.15) is 52.4 Å². The summed E-state index contributed by atoms with van der Waals surface area (Å²) < 4.78 is 14.2. The SMILES string of the molecule is CC(C)CCCCCCCOP(=O)([O-])[O-].[Zn+2]. The van der Waals surface area contributed by atoms with Gasteiger partial charge in [0, 0.05) is 0 Å². The summed E-state index contributed by atoms with van der Waals surface area (Å²) in [5.41, 5.74) is 0. The molecule has 0 aliphatic carbocycles. The third-order valence-corrected chi connectivity index (χ3v) is 2.67. The maximum absolute atomic E-state index is 10.1. The summed E-state index contributed by atoms with van der Waals surface area (Å²) in [6.07, 6.45) is 6.30. The molecule has 0 saturated heterocycles. The van der Waals surface area contributed by atoms with E-state index >= 15 is 0 Å². The van der Waals surface area contributed by atoms with Crippen LogP contribution in [-0.2, 0) is 28.6 Å². The van der Waals surface area contributed by atoms with Crippen molar-refractivity contribution in [2.45, 2.75) is 52.4 Å². The molecule has 0 radical (unpaired) electrons. The summed E-state index contributed by atoms with van der Waals surface area (Å²) in [6, 6.07) is 0. The van der Waals surface area contributed by atoms with E-state index in [9.17, 15) is 14.4 Å². The minimum Gasteiger partial charge on any atom is -0.790 e. The molecule has 0 rings (SSSR count). The number of hydrogen-bond acceptors (Lipinski definition) is 4. The first kappa shape index (κ1) is 19.1. The predicted molar refractivity (Wildman–Crippen MR) is 56.1 cm³/mol. The van der Waals surface area contributed by atoms with E-state index in [2.05, 4.69) is 18.4 Å². The van der Waals surface area contributed by atoms with Gasteiger partial charge in [-0.15, -0.1) is 0 Å². The number of phosphoric acid groups is 1. The van der Waals surface area contributed by atoms with Crippen LogP contribution in [0.4, 0.5) is 0 Å². The molecule has 0 aromatic heterocycles. The fourth-order valence-corrected chi connectivity index (χ4v) is 1.71. The molecule has 16 heavy (non-hydrogen) atoms. The van der Waals surface area contributed by atoms with Gasteiger partial charge in [0.2, 0.25) is 0 Å². The van der Waals surface area contributed by atoms with Crippen molar-refractivity contribution in [1.82, 2.24) is 0 Å². The quantitative estimate of drug-likeness (QED) is 0.370. The first-order valence-corrected chi connectivity index (χ1v) is 7.04. The van der Waals surface area contributed by atoms with Crippen LogP contribution in [0.3, 0.4) is 0 Å². The molecular weight excluding hydrogens is 280 g/mol. The molecule has 0 unspecified atom stereocenters. The topological polar surface area (TPSA) is 72.4 Å². The first-order valence-electron chi connectivity index (χ1n) is 5.58. The fourth-order valence-electron chi connectivity index (χ4n) is 1.36. The summed E-state index contributed by atoms with van der Waals surface area (Å²) >= 11 is 0. The van der Waals surface area contributed by atoms with E-state index in [1.54, 1.807) is 0 Å². The standard InChI is InChI=1S/C10H23O4P.Zn/c1-10(2)8-6-4-3-5-7-9-14-15(11,12)13;/h10H,3-9H2,1-2H3,(H2,11,12,13);/q;+2/p-2. The zero-order chi connectivity index (χ0) is 11.7. The van der Waals surface area contributed by atoms with Crippen molar-refractivity contribution in [2.75, 3.05) is 6.61 Å². The van der Waals surface area contributed by atoms with Crippen molar-refractivity contribution < 1.29 is 38.4 Å². The molecule has 0 N–H and O–H groups in total. The molecule has 0 aromatic carbocycles. The van der Waals surface area contributed by atoms with Crippen molar-refractivity contribution in [3.05, 3.63) is 0 Å². The average molecular weight is 302 g/mol. The van der Waals surface area contributed by atoms with Gasteiger partial charge in [-0.05, 0) is 12.3 Å². The summed E-state index contributed by atoms with van der Waals surface area (Å²) in [5.74, 6) is 0.750. The second-order valence-electron chi connectivity index (χ2n) is 4.23. The Morgan fingerprint density at radius 1 is 1.06 bits per heavy atom. The van der Waals surface area contributed by atoms with E-state index in [0.29, 0.717) is 6.42 Å². The van der Waals surface area contributed by atoms with Crippen LogP contribution >= 0.6 is 7.82 Å². The molecule has 0 bridgehead atoms. The third kappa shape index (κ3) is 17.1. The van der Waals surface area contributed by atoms with Gasteiger partial charge in [-0.25, -0.2) is 0 Å². The summed E-state index contributed by atoms with van der Waals surface area (Å²) in [4.78, 5) is 20.2. The molecular formula is C10H21O4PZn. The van der Waals surface area contributed by atoms with Crippen molar-refractivity contribution in [1.29, 1.82) is 0 Å². The molecule has 0 heterocycles. The Morgan fingerprint density at radius 3 is 2.06 bits per heavy atom. The largest absolute Gasteiger partial charge is 2.00 e. The Morgan fingerprint density at radius 2 is 1.56 bits per heavy atom. The first-order chi connectivity index (χ1) is 6.92. The molecule has 0 aliphatic rings. The Bertz CT molecular complexity index is 193. The van der Waals surface area contributed by atoms with Crippen LogP contribution in [0.25, 0.3) is 0 Å². The van der Waals surface area contributed by atoms with E-state index in [-0.39, 0.29) is 26.1 Å². The van der Waals surface area contributed by atoms with E-state index in [4.69, 9.17) is 0 Å². The van der Waals surface area contributed by atoms with Gasteiger partial charge in [-0.1, -0.05) is 46.0 Å². The normalized spacial score (nSPS) is 11.6. The Hall–Kier alpha value is 0.733. The summed E-state index contributed by atoms with van der Waals surface area (Å²) in [5, 5.41) is 0. The number of phosphoric ester groups is 1. The molecule has 0 aromatic rings. The second-order valence-corrected chi connectivity index (χ2v) is 5.38. The molecule has 0 amide bonds. The van der Waals surface area contributed by atoms with Gasteiger partial charge in [0.1, 0.15) is 0 Å². The van der Waals surface area contributed by atoms with Crippen molar-refractivity contribution in [2.24, 2.45) is 5.92 Å². The smallest absolute Gasteiger partial charge is 0.790 e. The zero-order valence-corrected chi connectivity index (χ0v) is 14.2. The van der Waals surface area contributed by atoms with E-state index < -0.39 is 7.82 Å². The molecule has 0 fully saturated rings. The van der Waals surface area contributed by atoms with Crippen molar-refractivity contribution >= 4 is 7.82 Å². The zero-order valence-electron chi connectivity index (χ0n) is 10.3. The summed E-state index contributed by atoms with van der Waals surface area (Å²) in [6.45, 7) is 4.44. The molecule has 92 valence electrons. The Balaban J connectivity index is 0. The van der Waals surface area contributed by atoms with Crippen LogP contribution in [0, 0.1) is 5.92 Å². The molecule has 0 saturated carbocycles. The minimum atomic E-state index is -4.74. The fraction of sp³-hybridized carbons (Fsp3) is 1.00. The average Bonchev–Trinajstić information content (AvgIpc) is 2.07. The van der Waals surface area contributed by atoms with E-state index in [0.717, 1.165) is 18.8 Å². The molecule has 0 aliphatic heterocycles. The van der Waals surface area contributed by atoms with Crippen LogP contribution in [0.15, 0.2) is 0 Å². The van der Waals surface area contributed by atoms with Crippen LogP contribution in [0.5, 0.6) is 0 Å². The van der Waals surface area contributed by atoms with Gasteiger partial charge in [0.15, 0.2) is 0 Å². The van der Waals surface area contributed by atoms with Gasteiger partial charge >= 0.3 is 19.5 Å². The summed E-state index contributed by atoms with van der Waals surface area (Å²) in [7, 11) is -4.74. The van der Waals surface area contributed by atoms with Crippen molar-refractivity contribution in [3.8, 4) is 0 Å². The molecule has 0 atom stereocenters. The Labute approximate surface area is 111 Å². The Kier molecular flexibility index (Phi) is 13.0. The van der Waals surface area contributed by atoms with Gasteiger partial charge in [-0.3, -0.25) is 0 Å². The van der Waals surface area contributed by atoms with Gasteiger partial charge in [-0.2, -0.15) is 0 Å². The van der Waals surface area contributed by atoms with Crippen molar-refractivity contribution in [3.63, 3.8) is 0 Å². The van der Waals surface area contributed by atoms with Gasteiger partial charge in [0.05, 0.1) is 14.4 Å². The second kappa shape index (κ2) is 10.9. The van der Waals surface area contributed by atoms with Gasteiger partial charge in [0.25, 0.3) is 0 Å². The molecule has 0 spiro atoms. The third-order valence-electron chi connectivity index (χ3n) is 2.18. The molecule has 4 nitrogen and oxygen atoms in total. The minimum absolute atomic E-state index is 0. The maximum atomic E-state index is 10.1. The van der Waals surface area contributed by atoms with E-state index in [1.807, 2.05) is 0 Å². The van der Waals surface area contributed by atoms with Crippen LogP contribution in [-0.4, -0.2) is 6.61 Å². The predicted octanol–water partition coefficient (Wildman–Crippen LogP) is 1.83. The molecule has 6 heteroatoms. The number of unbranched alkanes of at least 4 members (excludes halogenated alkanes) is 4. The van der Waals surface area contributed by atoms with Crippen LogP contribution < -0.4 is 9.79 Å². The number of hydrogen-bond donors (Lipinski definition) is 0. The maximum Gasteiger partial charge on any atom is 2.00 e. The number of rotatable bonds is 9. The monoisotopic (exact) mass is 300 g/mol.